The van der Waals surface area contributed by atoms with Crippen molar-refractivity contribution in [2.24, 2.45) is 11.8 Å². The fraction of sp³-hybridized carbons (Fsp3) is 0.818. The summed E-state index contributed by atoms with van der Waals surface area (Å²) in [7, 11) is 0. The predicted molar refractivity (Wildman–Crippen MR) is 60.0 cm³/mol. The number of aliphatic carboxylic acids is 1. The summed E-state index contributed by atoms with van der Waals surface area (Å²) < 4.78 is 0. The lowest BCUT2D eigenvalue weighted by atomic mass is 9.98. The van der Waals surface area contributed by atoms with Crippen molar-refractivity contribution in [1.29, 1.82) is 0 Å². The number of carbonyl (C=O) groups is 2. The lowest BCUT2D eigenvalue weighted by Gasteiger charge is -2.22. The molecule has 0 aromatic heterocycles. The zero-order chi connectivity index (χ0) is 12.0. The van der Waals surface area contributed by atoms with E-state index in [0.717, 1.165) is 19.4 Å². The topological polar surface area (TPSA) is 78.4 Å². The van der Waals surface area contributed by atoms with Gasteiger partial charge >= 0.3 is 5.97 Å². The molecule has 0 radical (unpaired) electrons. The van der Waals surface area contributed by atoms with Crippen molar-refractivity contribution >= 4 is 11.9 Å². The molecular formula is C11H20N2O3. The minimum Gasteiger partial charge on any atom is -0.481 e. The standard InChI is InChI=1S/C11H20N2O3/c1-2-8(11(15)16)7-13-10(14)9-4-3-5-12-6-9/h8-9,12H,2-7H2,1H3,(H,13,14)(H,15,16). The molecule has 0 spiro atoms. The number of carboxylic acid groups (broad SMARTS) is 1. The molecule has 2 atom stereocenters. The van der Waals surface area contributed by atoms with Crippen LogP contribution in [-0.2, 0) is 9.59 Å². The molecule has 1 heterocycles. The summed E-state index contributed by atoms with van der Waals surface area (Å²) in [5.41, 5.74) is 0. The van der Waals surface area contributed by atoms with Crippen LogP contribution in [0.5, 0.6) is 0 Å². The SMILES string of the molecule is CCC(CNC(=O)C1CCCNC1)C(=O)O. The van der Waals surface area contributed by atoms with Crippen LogP contribution < -0.4 is 10.6 Å². The fourth-order valence-corrected chi connectivity index (χ4v) is 1.85. The molecule has 16 heavy (non-hydrogen) atoms. The molecule has 1 saturated heterocycles. The maximum atomic E-state index is 11.7. The molecule has 5 nitrogen and oxygen atoms in total. The Labute approximate surface area is 95.6 Å². The third kappa shape index (κ3) is 3.81. The summed E-state index contributed by atoms with van der Waals surface area (Å²) >= 11 is 0. The zero-order valence-electron chi connectivity index (χ0n) is 9.66. The first kappa shape index (κ1) is 13.0. The van der Waals surface area contributed by atoms with E-state index in [1.807, 2.05) is 6.92 Å². The molecule has 92 valence electrons. The van der Waals surface area contributed by atoms with Crippen LogP contribution in [0.1, 0.15) is 26.2 Å². The largest absolute Gasteiger partial charge is 0.481 e. The minimum atomic E-state index is -0.843. The van der Waals surface area contributed by atoms with Crippen molar-refractivity contribution in [2.45, 2.75) is 26.2 Å². The van der Waals surface area contributed by atoms with Gasteiger partial charge in [-0.3, -0.25) is 9.59 Å². The lowest BCUT2D eigenvalue weighted by Crippen LogP contribution is -2.42. The number of nitrogens with one attached hydrogen (secondary N) is 2. The summed E-state index contributed by atoms with van der Waals surface area (Å²) in [6.07, 6.45) is 2.44. The van der Waals surface area contributed by atoms with Crippen LogP contribution in [0, 0.1) is 11.8 Å². The maximum absolute atomic E-state index is 11.7. The Morgan fingerprint density at radius 1 is 1.56 bits per heavy atom. The predicted octanol–water partition coefficient (Wildman–Crippen LogP) is 0.213. The van der Waals surface area contributed by atoms with Crippen molar-refractivity contribution in [3.63, 3.8) is 0 Å². The first-order valence-electron chi connectivity index (χ1n) is 5.86. The van der Waals surface area contributed by atoms with Crippen molar-refractivity contribution in [3.05, 3.63) is 0 Å². The monoisotopic (exact) mass is 228 g/mol. The summed E-state index contributed by atoms with van der Waals surface area (Å²) in [6.45, 7) is 3.72. The molecule has 0 aliphatic carbocycles. The summed E-state index contributed by atoms with van der Waals surface area (Å²) in [4.78, 5) is 22.5. The Kier molecular flexibility index (Phi) is 5.25. The van der Waals surface area contributed by atoms with E-state index in [9.17, 15) is 9.59 Å². The number of carboxylic acids is 1. The van der Waals surface area contributed by atoms with E-state index in [1.165, 1.54) is 0 Å². The van der Waals surface area contributed by atoms with Crippen molar-refractivity contribution in [1.82, 2.24) is 10.6 Å². The van der Waals surface area contributed by atoms with E-state index >= 15 is 0 Å². The molecule has 1 amide bonds. The molecule has 1 rings (SSSR count). The zero-order valence-corrected chi connectivity index (χ0v) is 9.66. The highest BCUT2D eigenvalue weighted by molar-refractivity contribution is 5.79. The Hall–Kier alpha value is -1.10. The Bertz CT molecular complexity index is 250. The van der Waals surface area contributed by atoms with Gasteiger partial charge in [0.2, 0.25) is 5.91 Å². The highest BCUT2D eigenvalue weighted by Crippen LogP contribution is 2.10. The molecular weight excluding hydrogens is 208 g/mol. The molecule has 1 aliphatic heterocycles. The van der Waals surface area contributed by atoms with Gasteiger partial charge in [0.25, 0.3) is 0 Å². The molecule has 5 heteroatoms. The number of hydrogen-bond donors (Lipinski definition) is 3. The molecule has 1 aliphatic rings. The fourth-order valence-electron chi connectivity index (χ4n) is 1.85. The summed E-state index contributed by atoms with van der Waals surface area (Å²) in [5, 5.41) is 14.7. The molecule has 1 fully saturated rings. The van der Waals surface area contributed by atoms with Crippen LogP contribution in [0.4, 0.5) is 0 Å². The minimum absolute atomic E-state index is 0.0000472. The van der Waals surface area contributed by atoms with Crippen molar-refractivity contribution < 1.29 is 14.7 Å². The summed E-state index contributed by atoms with van der Waals surface area (Å²) in [5.74, 6) is -1.34. The normalized spacial score (nSPS) is 22.4. The van der Waals surface area contributed by atoms with Gasteiger partial charge in [0, 0.05) is 13.1 Å². The van der Waals surface area contributed by atoms with Gasteiger partial charge < -0.3 is 15.7 Å². The number of hydrogen-bond acceptors (Lipinski definition) is 3. The molecule has 0 saturated carbocycles. The number of rotatable bonds is 5. The second kappa shape index (κ2) is 6.48. The highest BCUT2D eigenvalue weighted by Gasteiger charge is 2.22. The second-order valence-corrected chi connectivity index (χ2v) is 4.23. The highest BCUT2D eigenvalue weighted by atomic mass is 16.4. The third-order valence-corrected chi connectivity index (χ3v) is 3.03. The first-order chi connectivity index (χ1) is 7.65. The van der Waals surface area contributed by atoms with E-state index in [2.05, 4.69) is 10.6 Å². The number of amides is 1. The molecule has 0 aromatic carbocycles. The molecule has 3 N–H and O–H groups in total. The summed E-state index contributed by atoms with van der Waals surface area (Å²) in [6, 6.07) is 0. The maximum Gasteiger partial charge on any atom is 0.308 e. The van der Waals surface area contributed by atoms with Gasteiger partial charge in [-0.2, -0.15) is 0 Å². The number of carbonyl (C=O) groups excluding carboxylic acids is 1. The quantitative estimate of drug-likeness (QED) is 0.628. The number of piperidine rings is 1. The smallest absolute Gasteiger partial charge is 0.308 e. The Morgan fingerprint density at radius 3 is 2.81 bits per heavy atom. The van der Waals surface area contributed by atoms with E-state index in [-0.39, 0.29) is 18.4 Å². The van der Waals surface area contributed by atoms with Gasteiger partial charge in [-0.15, -0.1) is 0 Å². The Balaban J connectivity index is 2.30. The first-order valence-corrected chi connectivity index (χ1v) is 5.86. The third-order valence-electron chi connectivity index (χ3n) is 3.03. The van der Waals surface area contributed by atoms with E-state index in [4.69, 9.17) is 5.11 Å². The van der Waals surface area contributed by atoms with Gasteiger partial charge in [-0.1, -0.05) is 6.92 Å². The van der Waals surface area contributed by atoms with Crippen molar-refractivity contribution in [2.75, 3.05) is 19.6 Å². The average molecular weight is 228 g/mol. The van der Waals surface area contributed by atoms with Crippen LogP contribution in [0.3, 0.4) is 0 Å². The molecule has 0 bridgehead atoms. The molecule has 0 aromatic rings. The molecule has 2 unspecified atom stereocenters. The van der Waals surface area contributed by atoms with Gasteiger partial charge in [0.1, 0.15) is 0 Å². The van der Waals surface area contributed by atoms with Crippen LogP contribution >= 0.6 is 0 Å². The van der Waals surface area contributed by atoms with Crippen LogP contribution in [0.2, 0.25) is 0 Å². The van der Waals surface area contributed by atoms with Crippen molar-refractivity contribution in [3.8, 4) is 0 Å². The van der Waals surface area contributed by atoms with Crippen LogP contribution in [0.15, 0.2) is 0 Å². The average Bonchev–Trinajstić information content (AvgIpc) is 2.30. The van der Waals surface area contributed by atoms with E-state index in [1.54, 1.807) is 0 Å². The Morgan fingerprint density at radius 2 is 2.31 bits per heavy atom. The second-order valence-electron chi connectivity index (χ2n) is 4.23. The van der Waals surface area contributed by atoms with Crippen LogP contribution in [-0.4, -0.2) is 36.6 Å². The van der Waals surface area contributed by atoms with Crippen LogP contribution in [0.25, 0.3) is 0 Å². The van der Waals surface area contributed by atoms with Gasteiger partial charge in [0.15, 0.2) is 0 Å². The van der Waals surface area contributed by atoms with E-state index in [0.29, 0.717) is 13.0 Å². The van der Waals surface area contributed by atoms with E-state index < -0.39 is 11.9 Å². The van der Waals surface area contributed by atoms with Gasteiger partial charge in [-0.05, 0) is 25.8 Å². The van der Waals surface area contributed by atoms with Gasteiger partial charge in [0.05, 0.1) is 11.8 Å². The van der Waals surface area contributed by atoms with Gasteiger partial charge in [-0.25, -0.2) is 0 Å². The lowest BCUT2D eigenvalue weighted by molar-refractivity contribution is -0.141.